The van der Waals surface area contributed by atoms with Crippen LogP contribution in [0.25, 0.3) is 22.0 Å². The molecule has 3 aromatic rings. The predicted octanol–water partition coefficient (Wildman–Crippen LogP) is 3.92. The van der Waals surface area contributed by atoms with E-state index in [1.54, 1.807) is 22.8 Å². The van der Waals surface area contributed by atoms with E-state index in [1.807, 2.05) is 26.0 Å². The first-order valence-electron chi connectivity index (χ1n) is 11.2. The minimum Gasteiger partial charge on any atom is -0.496 e. The zero-order valence-corrected chi connectivity index (χ0v) is 19.5. The van der Waals surface area contributed by atoms with Gasteiger partial charge in [0.1, 0.15) is 11.6 Å². The molecule has 1 heterocycles. The van der Waals surface area contributed by atoms with Crippen LogP contribution in [0.1, 0.15) is 44.7 Å². The van der Waals surface area contributed by atoms with Gasteiger partial charge in [-0.2, -0.15) is 0 Å². The molecule has 0 fully saturated rings. The molecule has 2 atom stereocenters. The number of aromatic nitrogens is 1. The Hall–Kier alpha value is -3.23. The number of nitrogens with zero attached hydrogens (tertiary/aromatic N) is 1. The lowest BCUT2D eigenvalue weighted by molar-refractivity contribution is -0.139. The van der Waals surface area contributed by atoms with E-state index < -0.39 is 30.4 Å². The number of hydrogen-bond acceptors (Lipinski definition) is 5. The van der Waals surface area contributed by atoms with Gasteiger partial charge in [-0.25, -0.2) is 4.39 Å². The highest BCUT2D eigenvalue weighted by atomic mass is 19.1. The van der Waals surface area contributed by atoms with Crippen LogP contribution in [0.5, 0.6) is 5.75 Å². The molecule has 0 aliphatic heterocycles. The standard InChI is InChI=1S/C26H30FNO6/c1-15(2)28-25(22-10-8-16(27)12-23(22)34-3)20(19-6-4-5-7-21(19)26(28)33)11-9-17(29)13-18(30)14-24(31)32/h4-8,10,12,15,17-18,29-30H,9,11,13-14H2,1-3H3,(H,31,32). The number of carboxylic acids is 1. The Kier molecular flexibility index (Phi) is 8.06. The normalized spacial score (nSPS) is 13.3. The van der Waals surface area contributed by atoms with E-state index in [0.29, 0.717) is 28.5 Å². The van der Waals surface area contributed by atoms with Gasteiger partial charge in [-0.1, -0.05) is 18.2 Å². The fourth-order valence-corrected chi connectivity index (χ4v) is 4.36. The number of aliphatic hydroxyl groups is 2. The second kappa shape index (κ2) is 10.8. The molecule has 3 rings (SSSR count). The Morgan fingerprint density at radius 2 is 1.76 bits per heavy atom. The molecule has 34 heavy (non-hydrogen) atoms. The molecule has 8 heteroatoms. The molecule has 0 aliphatic rings. The number of halogens is 1. The van der Waals surface area contributed by atoms with E-state index in [-0.39, 0.29) is 30.2 Å². The molecule has 1 aromatic heterocycles. The summed E-state index contributed by atoms with van der Waals surface area (Å²) in [6.07, 6.45) is -2.07. The second-order valence-electron chi connectivity index (χ2n) is 8.67. The van der Waals surface area contributed by atoms with Crippen molar-refractivity contribution in [3.05, 3.63) is 64.2 Å². The van der Waals surface area contributed by atoms with Gasteiger partial charge < -0.3 is 24.6 Å². The Morgan fingerprint density at radius 3 is 2.38 bits per heavy atom. The molecule has 2 aromatic carbocycles. The van der Waals surface area contributed by atoms with Gasteiger partial charge in [-0.05, 0) is 62.3 Å². The van der Waals surface area contributed by atoms with Gasteiger partial charge in [-0.15, -0.1) is 0 Å². The molecule has 0 aliphatic carbocycles. The molecular weight excluding hydrogens is 441 g/mol. The third-order valence-corrected chi connectivity index (χ3v) is 5.85. The van der Waals surface area contributed by atoms with E-state index in [4.69, 9.17) is 9.84 Å². The smallest absolute Gasteiger partial charge is 0.305 e. The van der Waals surface area contributed by atoms with Crippen molar-refractivity contribution < 1.29 is 29.2 Å². The largest absolute Gasteiger partial charge is 0.496 e. The quantitative estimate of drug-likeness (QED) is 0.414. The predicted molar refractivity (Wildman–Crippen MR) is 128 cm³/mol. The zero-order valence-electron chi connectivity index (χ0n) is 19.5. The first kappa shape index (κ1) is 25.4. The van der Waals surface area contributed by atoms with Crippen molar-refractivity contribution >= 4 is 16.7 Å². The Bertz CT molecular complexity index is 1240. The molecule has 0 radical (unpaired) electrons. The van der Waals surface area contributed by atoms with Crippen molar-refractivity contribution in [3.63, 3.8) is 0 Å². The van der Waals surface area contributed by atoms with Crippen LogP contribution >= 0.6 is 0 Å². The SMILES string of the molecule is COc1cc(F)ccc1-c1c(CCC(O)CC(O)CC(=O)O)c2ccccc2c(=O)n1C(C)C. The molecule has 0 saturated carbocycles. The lowest BCUT2D eigenvalue weighted by Gasteiger charge is -2.24. The minimum absolute atomic E-state index is 0.0801. The van der Waals surface area contributed by atoms with Crippen LogP contribution in [0.3, 0.4) is 0 Å². The van der Waals surface area contributed by atoms with Crippen LogP contribution in [-0.4, -0.2) is 45.2 Å². The van der Waals surface area contributed by atoms with Crippen LogP contribution in [0.15, 0.2) is 47.3 Å². The number of benzene rings is 2. The van der Waals surface area contributed by atoms with E-state index in [9.17, 15) is 24.2 Å². The van der Waals surface area contributed by atoms with Gasteiger partial charge in [0.25, 0.3) is 5.56 Å². The first-order valence-corrected chi connectivity index (χ1v) is 11.2. The van der Waals surface area contributed by atoms with Crippen molar-refractivity contribution in [2.24, 2.45) is 0 Å². The summed E-state index contributed by atoms with van der Waals surface area (Å²) in [5, 5.41) is 30.5. The van der Waals surface area contributed by atoms with Crippen molar-refractivity contribution in [2.45, 2.75) is 57.8 Å². The monoisotopic (exact) mass is 471 g/mol. The van der Waals surface area contributed by atoms with Crippen LogP contribution in [0.4, 0.5) is 4.39 Å². The first-order chi connectivity index (χ1) is 16.1. The summed E-state index contributed by atoms with van der Waals surface area (Å²) in [6.45, 7) is 3.77. The van der Waals surface area contributed by atoms with Crippen LogP contribution in [0.2, 0.25) is 0 Å². The highest BCUT2D eigenvalue weighted by Gasteiger charge is 2.23. The van der Waals surface area contributed by atoms with Crippen molar-refractivity contribution in [3.8, 4) is 17.0 Å². The maximum Gasteiger partial charge on any atom is 0.305 e. The number of rotatable bonds is 10. The van der Waals surface area contributed by atoms with Gasteiger partial charge >= 0.3 is 5.97 Å². The summed E-state index contributed by atoms with van der Waals surface area (Å²) in [5.74, 6) is -1.33. The summed E-state index contributed by atoms with van der Waals surface area (Å²) < 4.78 is 21.1. The number of methoxy groups -OCH3 is 1. The van der Waals surface area contributed by atoms with Gasteiger partial charge in [-0.3, -0.25) is 9.59 Å². The third kappa shape index (κ3) is 5.46. The number of aliphatic carboxylic acids is 1. The lowest BCUT2D eigenvalue weighted by Crippen LogP contribution is -2.26. The molecule has 7 nitrogen and oxygen atoms in total. The molecule has 2 unspecified atom stereocenters. The van der Waals surface area contributed by atoms with Gasteiger partial charge in [0.05, 0.1) is 31.4 Å². The van der Waals surface area contributed by atoms with Crippen molar-refractivity contribution in [1.29, 1.82) is 0 Å². The van der Waals surface area contributed by atoms with Gasteiger partial charge in [0.15, 0.2) is 0 Å². The molecule has 0 amide bonds. The minimum atomic E-state index is -1.16. The van der Waals surface area contributed by atoms with E-state index in [2.05, 4.69) is 0 Å². The topological polar surface area (TPSA) is 109 Å². The molecule has 182 valence electrons. The Labute approximate surface area is 197 Å². The summed E-state index contributed by atoms with van der Waals surface area (Å²) in [4.78, 5) is 24.3. The second-order valence-corrected chi connectivity index (χ2v) is 8.67. The maximum absolute atomic E-state index is 14.0. The fourth-order valence-electron chi connectivity index (χ4n) is 4.36. The maximum atomic E-state index is 14.0. The number of fused-ring (bicyclic) bond motifs is 1. The number of aliphatic hydroxyl groups excluding tert-OH is 2. The van der Waals surface area contributed by atoms with Crippen molar-refractivity contribution in [1.82, 2.24) is 4.57 Å². The Morgan fingerprint density at radius 1 is 1.09 bits per heavy atom. The summed E-state index contributed by atoms with van der Waals surface area (Å²) in [5.41, 5.74) is 1.72. The number of ether oxygens (including phenoxy) is 1. The average Bonchev–Trinajstić information content (AvgIpc) is 2.77. The molecular formula is C26H30FNO6. The highest BCUT2D eigenvalue weighted by Crippen LogP contribution is 2.37. The average molecular weight is 472 g/mol. The van der Waals surface area contributed by atoms with Crippen LogP contribution in [0, 0.1) is 5.82 Å². The summed E-state index contributed by atoms with van der Waals surface area (Å²) in [6, 6.07) is 11.1. The summed E-state index contributed by atoms with van der Waals surface area (Å²) in [7, 11) is 1.43. The Balaban J connectivity index is 2.18. The van der Waals surface area contributed by atoms with E-state index in [0.717, 1.165) is 5.56 Å². The molecule has 0 bridgehead atoms. The number of pyridine rings is 1. The zero-order chi connectivity index (χ0) is 25.0. The number of carbonyl (C=O) groups is 1. The fraction of sp³-hybridized carbons (Fsp3) is 0.385. The molecule has 0 saturated heterocycles. The molecule has 3 N–H and O–H groups in total. The van der Waals surface area contributed by atoms with Crippen LogP contribution in [-0.2, 0) is 11.2 Å². The van der Waals surface area contributed by atoms with Crippen molar-refractivity contribution in [2.75, 3.05) is 7.11 Å². The number of aryl methyl sites for hydroxylation is 1. The third-order valence-electron chi connectivity index (χ3n) is 5.85. The van der Waals surface area contributed by atoms with E-state index >= 15 is 0 Å². The number of hydrogen-bond donors (Lipinski definition) is 3. The van der Waals surface area contributed by atoms with Gasteiger partial charge in [0, 0.05) is 23.1 Å². The molecule has 0 spiro atoms. The summed E-state index contributed by atoms with van der Waals surface area (Å²) >= 11 is 0. The number of carboxylic acid groups (broad SMARTS) is 1. The van der Waals surface area contributed by atoms with Gasteiger partial charge in [0.2, 0.25) is 0 Å². The highest BCUT2D eigenvalue weighted by molar-refractivity contribution is 5.91. The lowest BCUT2D eigenvalue weighted by atomic mass is 9.92. The van der Waals surface area contributed by atoms with E-state index in [1.165, 1.54) is 19.2 Å². The van der Waals surface area contributed by atoms with Crippen LogP contribution < -0.4 is 10.3 Å².